The molecular weight excluding hydrogens is 122 g/mol. The van der Waals surface area contributed by atoms with E-state index in [1.165, 1.54) is 13.8 Å². The molecule has 0 N–H and O–H groups in total. The van der Waals surface area contributed by atoms with Gasteiger partial charge in [-0.1, -0.05) is 5.11 Å². The van der Waals surface area contributed by atoms with Gasteiger partial charge in [0.1, 0.15) is 6.23 Å². The van der Waals surface area contributed by atoms with Gasteiger partial charge in [0.2, 0.25) is 0 Å². The highest BCUT2D eigenvalue weighted by atomic mass is 16.6. The van der Waals surface area contributed by atoms with Crippen LogP contribution in [0.2, 0.25) is 0 Å². The average molecular weight is 130 g/mol. The Morgan fingerprint density at radius 3 is 2.56 bits per heavy atom. The maximum atomic E-state index is 10.2. The fourth-order valence-corrected chi connectivity index (χ4v) is 0.377. The zero-order chi connectivity index (χ0) is 7.28. The molecule has 5 heteroatoms. The summed E-state index contributed by atoms with van der Waals surface area (Å²) in [6.07, 6.45) is -1.80. The zero-order valence-electron chi connectivity index (χ0n) is 5.31. The van der Waals surface area contributed by atoms with Gasteiger partial charge in [0.05, 0.1) is 0 Å². The first kappa shape index (κ1) is 8.23. The monoisotopic (exact) mass is 130 g/mol. The van der Waals surface area contributed by atoms with E-state index in [9.17, 15) is 5.11 Å². The third-order valence-corrected chi connectivity index (χ3v) is 0.603. The smallest absolute Gasteiger partial charge is 0.188 e. The molecule has 0 aliphatic rings. The first-order valence-corrected chi connectivity index (χ1v) is 2.52. The van der Waals surface area contributed by atoms with Gasteiger partial charge >= 0.3 is 0 Å². The standard InChI is InChI=1S/C4H8N3O2/c1-3(6-7-5)9-4(2)8/h3-4H,1-2H3. The summed E-state index contributed by atoms with van der Waals surface area (Å²) in [5, 5.41) is 13.3. The summed E-state index contributed by atoms with van der Waals surface area (Å²) >= 11 is 0. The highest BCUT2D eigenvalue weighted by molar-refractivity contribution is 4.47. The Hall–Kier alpha value is -0.770. The first-order valence-electron chi connectivity index (χ1n) is 2.52. The van der Waals surface area contributed by atoms with E-state index in [0.29, 0.717) is 0 Å². The van der Waals surface area contributed by atoms with Crippen LogP contribution in [0.4, 0.5) is 0 Å². The van der Waals surface area contributed by atoms with Crippen molar-refractivity contribution in [1.82, 2.24) is 0 Å². The summed E-state index contributed by atoms with van der Waals surface area (Å²) < 4.78 is 4.51. The first-order chi connectivity index (χ1) is 4.16. The van der Waals surface area contributed by atoms with Gasteiger partial charge in [0, 0.05) is 4.91 Å². The van der Waals surface area contributed by atoms with Crippen LogP contribution >= 0.6 is 0 Å². The van der Waals surface area contributed by atoms with Crippen molar-refractivity contribution in [1.29, 1.82) is 0 Å². The SMILES string of the molecule is CC([O])OC(C)N=[N+]=[N-]. The van der Waals surface area contributed by atoms with Crippen molar-refractivity contribution in [3.05, 3.63) is 10.4 Å². The van der Waals surface area contributed by atoms with E-state index in [0.717, 1.165) is 0 Å². The van der Waals surface area contributed by atoms with E-state index >= 15 is 0 Å². The van der Waals surface area contributed by atoms with Gasteiger partial charge in [-0.3, -0.25) is 0 Å². The Labute approximate surface area is 52.9 Å². The molecule has 0 aromatic rings. The van der Waals surface area contributed by atoms with Crippen LogP contribution in [0.3, 0.4) is 0 Å². The van der Waals surface area contributed by atoms with Crippen molar-refractivity contribution in [3.8, 4) is 0 Å². The minimum Gasteiger partial charge on any atom is -0.341 e. The maximum absolute atomic E-state index is 10.2. The molecule has 9 heavy (non-hydrogen) atoms. The van der Waals surface area contributed by atoms with Crippen molar-refractivity contribution >= 4 is 0 Å². The van der Waals surface area contributed by atoms with Crippen molar-refractivity contribution < 1.29 is 9.84 Å². The number of rotatable bonds is 3. The predicted octanol–water partition coefficient (Wildman–Crippen LogP) is 1.44. The topological polar surface area (TPSA) is 77.9 Å². The Morgan fingerprint density at radius 2 is 2.22 bits per heavy atom. The molecule has 0 aromatic heterocycles. The van der Waals surface area contributed by atoms with Crippen LogP contribution in [-0.4, -0.2) is 12.5 Å². The molecule has 5 nitrogen and oxygen atoms in total. The summed E-state index contributed by atoms with van der Waals surface area (Å²) in [6.45, 7) is 2.84. The second-order valence-corrected chi connectivity index (χ2v) is 1.51. The molecule has 0 rings (SSSR count). The van der Waals surface area contributed by atoms with Crippen LogP contribution in [0, 0.1) is 0 Å². The normalized spacial score (nSPS) is 15.9. The van der Waals surface area contributed by atoms with Gasteiger partial charge < -0.3 is 4.74 Å². The molecule has 0 fully saturated rings. The molecule has 0 aliphatic carbocycles. The molecule has 0 spiro atoms. The summed E-state index contributed by atoms with van der Waals surface area (Å²) in [4.78, 5) is 2.45. The molecule has 0 amide bonds. The van der Waals surface area contributed by atoms with E-state index in [-0.39, 0.29) is 0 Å². The number of azide groups is 1. The zero-order valence-corrected chi connectivity index (χ0v) is 5.31. The number of ether oxygens (including phenoxy) is 1. The van der Waals surface area contributed by atoms with E-state index in [4.69, 9.17) is 5.53 Å². The second-order valence-electron chi connectivity index (χ2n) is 1.51. The lowest BCUT2D eigenvalue weighted by Gasteiger charge is -2.06. The highest BCUT2D eigenvalue weighted by Gasteiger charge is 2.01. The number of nitrogens with zero attached hydrogens (tertiary/aromatic N) is 3. The van der Waals surface area contributed by atoms with Gasteiger partial charge in [0.15, 0.2) is 6.29 Å². The highest BCUT2D eigenvalue weighted by Crippen LogP contribution is 1.96. The molecule has 2 unspecified atom stereocenters. The number of hydrogen-bond acceptors (Lipinski definition) is 2. The maximum Gasteiger partial charge on any atom is 0.188 e. The molecule has 0 saturated heterocycles. The van der Waals surface area contributed by atoms with E-state index < -0.39 is 12.5 Å². The van der Waals surface area contributed by atoms with Gasteiger partial charge in [-0.25, -0.2) is 5.11 Å². The van der Waals surface area contributed by atoms with Crippen LogP contribution in [0.5, 0.6) is 0 Å². The summed E-state index contributed by atoms with van der Waals surface area (Å²) in [7, 11) is 0. The molecule has 1 radical (unpaired) electrons. The molecule has 0 saturated carbocycles. The third kappa shape index (κ3) is 5.10. The lowest BCUT2D eigenvalue weighted by molar-refractivity contribution is -0.151. The van der Waals surface area contributed by atoms with Crippen LogP contribution < -0.4 is 0 Å². The minimum absolute atomic E-state index is 0.664. The summed E-state index contributed by atoms with van der Waals surface area (Å²) in [5.41, 5.74) is 7.83. The molecule has 0 aromatic carbocycles. The summed E-state index contributed by atoms with van der Waals surface area (Å²) in [6, 6.07) is 0. The van der Waals surface area contributed by atoms with Crippen molar-refractivity contribution in [2.45, 2.75) is 26.4 Å². The molecule has 0 heterocycles. The lowest BCUT2D eigenvalue weighted by atomic mass is 10.6. The molecular formula is C4H8N3O2. The molecule has 0 aliphatic heterocycles. The quantitative estimate of drug-likeness (QED) is 0.246. The van der Waals surface area contributed by atoms with Crippen LogP contribution in [0.1, 0.15) is 13.8 Å². The Morgan fingerprint density at radius 1 is 1.67 bits per heavy atom. The van der Waals surface area contributed by atoms with E-state index in [1.54, 1.807) is 0 Å². The predicted molar refractivity (Wildman–Crippen MR) is 29.8 cm³/mol. The second kappa shape index (κ2) is 4.14. The summed E-state index contributed by atoms with van der Waals surface area (Å²) in [5.74, 6) is 0. The minimum atomic E-state index is -1.13. The molecule has 0 bridgehead atoms. The Bertz CT molecular complexity index is 119. The van der Waals surface area contributed by atoms with Crippen LogP contribution in [0.25, 0.3) is 10.4 Å². The van der Waals surface area contributed by atoms with Crippen molar-refractivity contribution in [3.63, 3.8) is 0 Å². The third-order valence-electron chi connectivity index (χ3n) is 0.603. The Balaban J connectivity index is 3.49. The Kier molecular flexibility index (Phi) is 3.79. The van der Waals surface area contributed by atoms with Crippen LogP contribution in [-0.2, 0) is 9.84 Å². The van der Waals surface area contributed by atoms with Gasteiger partial charge in [-0.05, 0) is 19.4 Å². The van der Waals surface area contributed by atoms with Gasteiger partial charge in [-0.2, -0.15) is 0 Å². The largest absolute Gasteiger partial charge is 0.341 e. The van der Waals surface area contributed by atoms with Crippen molar-refractivity contribution in [2.24, 2.45) is 5.11 Å². The van der Waals surface area contributed by atoms with E-state index in [2.05, 4.69) is 14.8 Å². The lowest BCUT2D eigenvalue weighted by Crippen LogP contribution is -2.11. The molecule has 51 valence electrons. The number of hydrogen-bond donors (Lipinski definition) is 0. The fourth-order valence-electron chi connectivity index (χ4n) is 0.377. The van der Waals surface area contributed by atoms with Crippen molar-refractivity contribution in [2.75, 3.05) is 0 Å². The molecule has 2 atom stereocenters. The fraction of sp³-hybridized carbons (Fsp3) is 1.00. The van der Waals surface area contributed by atoms with E-state index in [1.807, 2.05) is 0 Å². The van der Waals surface area contributed by atoms with Gasteiger partial charge in [-0.15, -0.1) is 0 Å². The van der Waals surface area contributed by atoms with Crippen LogP contribution in [0.15, 0.2) is 5.11 Å². The average Bonchev–Trinajstić information content (AvgIpc) is 1.63. The van der Waals surface area contributed by atoms with Gasteiger partial charge in [0.25, 0.3) is 0 Å².